The molecule has 1 heteroatoms. The zero-order valence-electron chi connectivity index (χ0n) is 5.39. The van der Waals surface area contributed by atoms with E-state index in [1.54, 1.807) is 12.1 Å². The van der Waals surface area contributed by atoms with Crippen molar-refractivity contribution in [1.29, 1.82) is 0 Å². The molecule has 49 valence electrons. The summed E-state index contributed by atoms with van der Waals surface area (Å²) in [6.45, 7) is 0. The van der Waals surface area contributed by atoms with E-state index in [2.05, 4.69) is 5.92 Å². The molecule has 1 radical (unpaired) electrons. The van der Waals surface area contributed by atoms with E-state index in [0.29, 0.717) is 6.42 Å². The van der Waals surface area contributed by atoms with E-state index < -0.39 is 0 Å². The van der Waals surface area contributed by atoms with Gasteiger partial charge in [-0.2, -0.15) is 0 Å². The van der Waals surface area contributed by atoms with Gasteiger partial charge < -0.3 is 0 Å². The lowest BCUT2D eigenvalue weighted by atomic mass is 10.2. The lowest BCUT2D eigenvalue weighted by molar-refractivity contribution is 0.627. The van der Waals surface area contributed by atoms with Gasteiger partial charge in [-0.25, -0.2) is 4.39 Å². The summed E-state index contributed by atoms with van der Waals surface area (Å²) in [6, 6.07) is 6.06. The SMILES string of the molecule is [C]#CCc1ccc(F)cc1. The van der Waals surface area contributed by atoms with Crippen LogP contribution < -0.4 is 0 Å². The summed E-state index contributed by atoms with van der Waals surface area (Å²) in [6.07, 6.45) is 7.11. The molecule has 0 nitrogen and oxygen atoms in total. The summed E-state index contributed by atoms with van der Waals surface area (Å²) < 4.78 is 12.3. The predicted molar refractivity (Wildman–Crippen MR) is 37.2 cm³/mol. The second-order valence-corrected chi connectivity index (χ2v) is 1.98. The monoisotopic (exact) mass is 133 g/mol. The molecule has 1 rings (SSSR count). The van der Waals surface area contributed by atoms with E-state index in [1.165, 1.54) is 12.1 Å². The Hall–Kier alpha value is -1.29. The van der Waals surface area contributed by atoms with Crippen LogP contribution in [0.4, 0.5) is 4.39 Å². The fraction of sp³-hybridized carbons (Fsp3) is 0.111. The fourth-order valence-corrected chi connectivity index (χ4v) is 0.704. The zero-order valence-corrected chi connectivity index (χ0v) is 5.39. The first-order valence-corrected chi connectivity index (χ1v) is 2.97. The van der Waals surface area contributed by atoms with Gasteiger partial charge in [0.05, 0.1) is 0 Å². The molecule has 0 atom stereocenters. The molecule has 0 fully saturated rings. The Balaban J connectivity index is 2.81. The van der Waals surface area contributed by atoms with Crippen LogP contribution in [0.25, 0.3) is 0 Å². The number of hydrogen-bond acceptors (Lipinski definition) is 0. The maximum absolute atomic E-state index is 12.3. The van der Waals surface area contributed by atoms with E-state index in [-0.39, 0.29) is 5.82 Å². The molecule has 0 heterocycles. The molecular weight excluding hydrogens is 127 g/mol. The normalized spacial score (nSPS) is 8.80. The number of halogens is 1. The highest BCUT2D eigenvalue weighted by Crippen LogP contribution is 2.02. The van der Waals surface area contributed by atoms with Crippen LogP contribution in [0.3, 0.4) is 0 Å². The zero-order chi connectivity index (χ0) is 7.40. The fourth-order valence-electron chi connectivity index (χ4n) is 0.704. The van der Waals surface area contributed by atoms with Crippen molar-refractivity contribution < 1.29 is 4.39 Å². The van der Waals surface area contributed by atoms with Crippen molar-refractivity contribution in [2.45, 2.75) is 6.42 Å². The van der Waals surface area contributed by atoms with Crippen LogP contribution in [0, 0.1) is 18.2 Å². The summed E-state index contributed by atoms with van der Waals surface area (Å²) >= 11 is 0. The summed E-state index contributed by atoms with van der Waals surface area (Å²) in [5.41, 5.74) is 0.913. The molecule has 0 N–H and O–H groups in total. The van der Waals surface area contributed by atoms with Gasteiger partial charge in [-0.05, 0) is 24.1 Å². The first-order chi connectivity index (χ1) is 4.83. The van der Waals surface area contributed by atoms with Crippen molar-refractivity contribution in [3.05, 3.63) is 42.1 Å². The Morgan fingerprint density at radius 3 is 2.40 bits per heavy atom. The van der Waals surface area contributed by atoms with Crippen LogP contribution in [0.1, 0.15) is 5.56 Å². The van der Waals surface area contributed by atoms with E-state index >= 15 is 0 Å². The lowest BCUT2D eigenvalue weighted by Crippen LogP contribution is -1.80. The maximum atomic E-state index is 12.3. The molecule has 0 unspecified atom stereocenters. The van der Waals surface area contributed by atoms with Gasteiger partial charge in [0.2, 0.25) is 0 Å². The molecule has 1 aromatic rings. The Kier molecular flexibility index (Phi) is 2.07. The lowest BCUT2D eigenvalue weighted by Gasteiger charge is -1.91. The third kappa shape index (κ3) is 1.60. The van der Waals surface area contributed by atoms with Gasteiger partial charge in [-0.3, -0.25) is 0 Å². The molecule has 0 saturated heterocycles. The average molecular weight is 133 g/mol. The van der Waals surface area contributed by atoms with E-state index in [4.69, 9.17) is 6.42 Å². The molecule has 0 spiro atoms. The number of rotatable bonds is 1. The van der Waals surface area contributed by atoms with Crippen molar-refractivity contribution in [3.63, 3.8) is 0 Å². The van der Waals surface area contributed by atoms with E-state index in [9.17, 15) is 4.39 Å². The largest absolute Gasteiger partial charge is 0.207 e. The Morgan fingerprint density at radius 2 is 1.90 bits per heavy atom. The molecule has 1 aromatic carbocycles. The van der Waals surface area contributed by atoms with Crippen LogP contribution in [-0.2, 0) is 6.42 Å². The molecule has 10 heavy (non-hydrogen) atoms. The van der Waals surface area contributed by atoms with Crippen LogP contribution in [0.2, 0.25) is 0 Å². The first-order valence-electron chi connectivity index (χ1n) is 2.97. The molecule has 0 saturated carbocycles. The van der Waals surface area contributed by atoms with Gasteiger partial charge >= 0.3 is 0 Å². The Morgan fingerprint density at radius 1 is 1.30 bits per heavy atom. The highest BCUT2D eigenvalue weighted by atomic mass is 19.1. The first kappa shape index (κ1) is 6.82. The van der Waals surface area contributed by atoms with Crippen molar-refractivity contribution in [2.75, 3.05) is 0 Å². The summed E-state index contributed by atoms with van der Waals surface area (Å²) in [5, 5.41) is 0. The second kappa shape index (κ2) is 3.03. The van der Waals surface area contributed by atoms with Gasteiger partial charge in [0.15, 0.2) is 0 Å². The van der Waals surface area contributed by atoms with Gasteiger partial charge in [0, 0.05) is 6.42 Å². The van der Waals surface area contributed by atoms with Crippen molar-refractivity contribution in [3.8, 4) is 5.92 Å². The van der Waals surface area contributed by atoms with E-state index in [1.807, 2.05) is 0 Å². The molecule has 0 aliphatic heterocycles. The number of benzene rings is 1. The summed E-state index contributed by atoms with van der Waals surface area (Å²) in [7, 11) is 0. The van der Waals surface area contributed by atoms with Gasteiger partial charge in [0.25, 0.3) is 0 Å². The van der Waals surface area contributed by atoms with Crippen molar-refractivity contribution in [1.82, 2.24) is 0 Å². The smallest absolute Gasteiger partial charge is 0.123 e. The minimum absolute atomic E-state index is 0.242. The van der Waals surface area contributed by atoms with Crippen molar-refractivity contribution in [2.24, 2.45) is 0 Å². The topological polar surface area (TPSA) is 0 Å². The highest BCUT2D eigenvalue weighted by molar-refractivity contribution is 5.19. The van der Waals surface area contributed by atoms with E-state index in [0.717, 1.165) is 5.56 Å². The van der Waals surface area contributed by atoms with Crippen molar-refractivity contribution >= 4 is 0 Å². The van der Waals surface area contributed by atoms with Gasteiger partial charge in [-0.15, -0.1) is 0 Å². The quantitative estimate of drug-likeness (QED) is 0.514. The van der Waals surface area contributed by atoms with Gasteiger partial charge in [-0.1, -0.05) is 18.1 Å². The number of hydrogen-bond donors (Lipinski definition) is 0. The second-order valence-electron chi connectivity index (χ2n) is 1.98. The molecule has 0 aliphatic rings. The third-order valence-electron chi connectivity index (χ3n) is 1.21. The summed E-state index contributed by atoms with van der Waals surface area (Å²) in [4.78, 5) is 0. The van der Waals surface area contributed by atoms with Crippen LogP contribution in [0.15, 0.2) is 24.3 Å². The molecular formula is C9H6F. The molecule has 0 aliphatic carbocycles. The maximum Gasteiger partial charge on any atom is 0.123 e. The highest BCUT2D eigenvalue weighted by Gasteiger charge is 1.89. The third-order valence-corrected chi connectivity index (χ3v) is 1.21. The summed E-state index contributed by atoms with van der Waals surface area (Å²) in [5.74, 6) is 1.99. The molecule has 0 aromatic heterocycles. The Bertz CT molecular complexity index is 240. The Labute approximate surface area is 59.7 Å². The van der Waals surface area contributed by atoms with Crippen LogP contribution >= 0.6 is 0 Å². The predicted octanol–water partition coefficient (Wildman–Crippen LogP) is 1.96. The van der Waals surface area contributed by atoms with Gasteiger partial charge in [0.1, 0.15) is 5.82 Å². The molecule has 0 amide bonds. The standard InChI is InChI=1S/C9H6F/c1-2-3-8-4-6-9(10)7-5-8/h4-7H,3H2. The molecule has 0 bridgehead atoms. The van der Waals surface area contributed by atoms with Crippen LogP contribution in [0.5, 0.6) is 0 Å². The minimum atomic E-state index is -0.242. The minimum Gasteiger partial charge on any atom is -0.207 e. The average Bonchev–Trinajstić information content (AvgIpc) is 1.95. The van der Waals surface area contributed by atoms with Crippen LogP contribution in [-0.4, -0.2) is 0 Å².